The first-order valence-electron chi connectivity index (χ1n) is 29.9. The van der Waals surface area contributed by atoms with Gasteiger partial charge in [0.2, 0.25) is 5.91 Å². The molecule has 0 aromatic rings. The molecular formula is C62H115NO5. The van der Waals surface area contributed by atoms with Crippen molar-refractivity contribution in [2.45, 2.75) is 321 Å². The summed E-state index contributed by atoms with van der Waals surface area (Å²) < 4.78 is 5.46. The first kappa shape index (κ1) is 65.8. The van der Waals surface area contributed by atoms with Gasteiger partial charge in [-0.3, -0.25) is 9.59 Å². The van der Waals surface area contributed by atoms with E-state index in [1.54, 1.807) is 6.08 Å². The summed E-state index contributed by atoms with van der Waals surface area (Å²) in [5.74, 6) is -0.0887. The standard InChI is InChI=1S/C62H115NO5/c1-3-5-7-9-11-13-15-17-19-20-24-27-30-34-38-42-46-50-54-60(65)59(58-64)63-61(66)55-51-47-43-39-35-31-28-25-22-21-23-26-29-33-37-41-45-49-53-57-68-62(67)56-52-48-44-40-36-32-18-16-14-12-10-8-6-4-2/h10,12,16,18,21-22,50,54,59-60,64-65H,3-9,11,13-15,17,19-20,23-49,51-53,55-58H2,1-2H3,(H,63,66)/b12-10-,18-16-,22-21-,54-50+. The lowest BCUT2D eigenvalue weighted by molar-refractivity contribution is -0.143. The van der Waals surface area contributed by atoms with E-state index >= 15 is 0 Å². The van der Waals surface area contributed by atoms with Gasteiger partial charge in [-0.2, -0.15) is 0 Å². The molecule has 0 fully saturated rings. The number of unbranched alkanes of at least 4 members (excludes halogenated alkanes) is 38. The summed E-state index contributed by atoms with van der Waals surface area (Å²) in [5, 5.41) is 23.2. The lowest BCUT2D eigenvalue weighted by Gasteiger charge is -2.20. The lowest BCUT2D eigenvalue weighted by Crippen LogP contribution is -2.45. The van der Waals surface area contributed by atoms with Gasteiger partial charge in [0.15, 0.2) is 0 Å². The van der Waals surface area contributed by atoms with Gasteiger partial charge < -0.3 is 20.3 Å². The molecule has 0 radical (unpaired) electrons. The molecule has 2 unspecified atom stereocenters. The van der Waals surface area contributed by atoms with Crippen LogP contribution in [-0.2, 0) is 14.3 Å². The fourth-order valence-electron chi connectivity index (χ4n) is 8.94. The first-order valence-corrected chi connectivity index (χ1v) is 29.9. The second-order valence-electron chi connectivity index (χ2n) is 20.3. The highest BCUT2D eigenvalue weighted by molar-refractivity contribution is 5.76. The summed E-state index contributed by atoms with van der Waals surface area (Å²) in [7, 11) is 0. The van der Waals surface area contributed by atoms with E-state index in [-0.39, 0.29) is 18.5 Å². The van der Waals surface area contributed by atoms with Crippen molar-refractivity contribution in [1.82, 2.24) is 5.32 Å². The Morgan fingerprint density at radius 3 is 1.18 bits per heavy atom. The number of esters is 1. The van der Waals surface area contributed by atoms with Gasteiger partial charge in [-0.05, 0) is 83.5 Å². The quantitative estimate of drug-likeness (QED) is 0.0321. The molecular weight excluding hydrogens is 839 g/mol. The third-order valence-electron chi connectivity index (χ3n) is 13.6. The van der Waals surface area contributed by atoms with Crippen molar-refractivity contribution in [2.24, 2.45) is 0 Å². The average Bonchev–Trinajstić information content (AvgIpc) is 3.34. The molecule has 0 spiro atoms. The fraction of sp³-hybridized carbons (Fsp3) is 0.839. The van der Waals surface area contributed by atoms with E-state index in [9.17, 15) is 19.8 Å². The molecule has 2 atom stereocenters. The monoisotopic (exact) mass is 954 g/mol. The van der Waals surface area contributed by atoms with E-state index in [0.29, 0.717) is 19.4 Å². The maximum absolute atomic E-state index is 12.5. The number of aliphatic hydroxyl groups is 2. The number of amides is 1. The van der Waals surface area contributed by atoms with Crippen molar-refractivity contribution in [3.05, 3.63) is 48.6 Å². The van der Waals surface area contributed by atoms with Gasteiger partial charge in [-0.1, -0.05) is 262 Å². The van der Waals surface area contributed by atoms with Crippen molar-refractivity contribution in [3.8, 4) is 0 Å². The minimum atomic E-state index is -0.852. The van der Waals surface area contributed by atoms with E-state index in [1.165, 1.54) is 218 Å². The van der Waals surface area contributed by atoms with Crippen LogP contribution in [-0.4, -0.2) is 47.4 Å². The van der Waals surface area contributed by atoms with E-state index in [4.69, 9.17) is 4.74 Å². The molecule has 3 N–H and O–H groups in total. The highest BCUT2D eigenvalue weighted by Crippen LogP contribution is 2.16. The number of allylic oxidation sites excluding steroid dienone is 7. The number of nitrogens with one attached hydrogen (secondary N) is 1. The van der Waals surface area contributed by atoms with E-state index in [0.717, 1.165) is 64.2 Å². The Morgan fingerprint density at radius 1 is 0.412 bits per heavy atom. The summed E-state index contributed by atoms with van der Waals surface area (Å²) in [6, 6.07) is -0.636. The molecule has 0 aromatic carbocycles. The number of aliphatic hydroxyl groups excluding tert-OH is 2. The molecule has 68 heavy (non-hydrogen) atoms. The second kappa shape index (κ2) is 57.4. The van der Waals surface area contributed by atoms with E-state index < -0.39 is 12.1 Å². The zero-order chi connectivity index (χ0) is 49.3. The first-order chi connectivity index (χ1) is 33.5. The van der Waals surface area contributed by atoms with Gasteiger partial charge >= 0.3 is 5.97 Å². The minimum absolute atomic E-state index is 0.0118. The van der Waals surface area contributed by atoms with Gasteiger partial charge in [-0.15, -0.1) is 0 Å². The number of hydrogen-bond acceptors (Lipinski definition) is 5. The molecule has 0 saturated heterocycles. The summed E-state index contributed by atoms with van der Waals surface area (Å²) >= 11 is 0. The van der Waals surface area contributed by atoms with Gasteiger partial charge in [0, 0.05) is 12.8 Å². The van der Waals surface area contributed by atoms with E-state index in [1.807, 2.05) is 6.08 Å². The number of carbonyl (C=O) groups excluding carboxylic acids is 2. The summed E-state index contributed by atoms with van der Waals surface area (Å²) in [6.07, 6.45) is 72.8. The minimum Gasteiger partial charge on any atom is -0.466 e. The zero-order valence-electron chi connectivity index (χ0n) is 45.3. The SMILES string of the molecule is CCCC/C=C\C/C=C\CCCCCCCC(=O)OCCCCCCCCCC/C=C\CCCCCCCCCC(=O)NC(CO)C(O)/C=C/CCCCCCCCCCCCCCCCCC. The molecule has 6 nitrogen and oxygen atoms in total. The Labute approximate surface area is 423 Å². The third-order valence-corrected chi connectivity index (χ3v) is 13.6. The molecule has 0 aliphatic rings. The zero-order valence-corrected chi connectivity index (χ0v) is 45.3. The molecule has 0 rings (SSSR count). The average molecular weight is 955 g/mol. The lowest BCUT2D eigenvalue weighted by atomic mass is 10.0. The van der Waals surface area contributed by atoms with Crippen LogP contribution in [0.3, 0.4) is 0 Å². The molecule has 0 aliphatic heterocycles. The number of rotatable bonds is 55. The number of hydrogen-bond donors (Lipinski definition) is 3. The molecule has 0 aliphatic carbocycles. The van der Waals surface area contributed by atoms with Crippen LogP contribution in [0.5, 0.6) is 0 Å². The normalized spacial score (nSPS) is 12.9. The van der Waals surface area contributed by atoms with Gasteiger partial charge in [0.1, 0.15) is 0 Å². The maximum Gasteiger partial charge on any atom is 0.305 e. The van der Waals surface area contributed by atoms with Crippen molar-refractivity contribution in [3.63, 3.8) is 0 Å². The van der Waals surface area contributed by atoms with E-state index in [2.05, 4.69) is 55.6 Å². The van der Waals surface area contributed by atoms with Crippen LogP contribution in [0.4, 0.5) is 0 Å². The Kier molecular flexibility index (Phi) is 55.6. The second-order valence-corrected chi connectivity index (χ2v) is 20.3. The largest absolute Gasteiger partial charge is 0.466 e. The molecule has 0 saturated carbocycles. The highest BCUT2D eigenvalue weighted by atomic mass is 16.5. The Balaban J connectivity index is 3.49. The van der Waals surface area contributed by atoms with Crippen LogP contribution >= 0.6 is 0 Å². The summed E-state index contributed by atoms with van der Waals surface area (Å²) in [6.45, 7) is 4.85. The number of ether oxygens (including phenoxy) is 1. The molecule has 6 heteroatoms. The smallest absolute Gasteiger partial charge is 0.305 e. The topological polar surface area (TPSA) is 95.9 Å². The van der Waals surface area contributed by atoms with Gasteiger partial charge in [-0.25, -0.2) is 0 Å². The van der Waals surface area contributed by atoms with Crippen molar-refractivity contribution < 1.29 is 24.5 Å². The van der Waals surface area contributed by atoms with Crippen LogP contribution in [0, 0.1) is 0 Å². The molecule has 1 amide bonds. The van der Waals surface area contributed by atoms with Gasteiger partial charge in [0.05, 0.1) is 25.4 Å². The fourth-order valence-corrected chi connectivity index (χ4v) is 8.94. The van der Waals surface area contributed by atoms with Crippen LogP contribution < -0.4 is 5.32 Å². The summed E-state index contributed by atoms with van der Waals surface area (Å²) in [4.78, 5) is 24.5. The van der Waals surface area contributed by atoms with Crippen LogP contribution in [0.2, 0.25) is 0 Å². The summed E-state index contributed by atoms with van der Waals surface area (Å²) in [5.41, 5.74) is 0. The van der Waals surface area contributed by atoms with Crippen LogP contribution in [0.25, 0.3) is 0 Å². The van der Waals surface area contributed by atoms with Crippen molar-refractivity contribution >= 4 is 11.9 Å². The predicted molar refractivity (Wildman–Crippen MR) is 296 cm³/mol. The highest BCUT2D eigenvalue weighted by Gasteiger charge is 2.18. The predicted octanol–water partition coefficient (Wildman–Crippen LogP) is 18.6. The third kappa shape index (κ3) is 53.2. The molecule has 398 valence electrons. The molecule has 0 aromatic heterocycles. The number of carbonyl (C=O) groups is 2. The van der Waals surface area contributed by atoms with Crippen molar-refractivity contribution in [2.75, 3.05) is 13.2 Å². The molecule has 0 bridgehead atoms. The van der Waals surface area contributed by atoms with Crippen LogP contribution in [0.15, 0.2) is 48.6 Å². The Hall–Kier alpha value is -2.18. The van der Waals surface area contributed by atoms with Gasteiger partial charge in [0.25, 0.3) is 0 Å². The maximum atomic E-state index is 12.5. The van der Waals surface area contributed by atoms with Crippen LogP contribution in [0.1, 0.15) is 309 Å². The Bertz CT molecular complexity index is 1150. The van der Waals surface area contributed by atoms with Crippen molar-refractivity contribution in [1.29, 1.82) is 0 Å². The Morgan fingerprint density at radius 2 is 0.750 bits per heavy atom. The molecule has 0 heterocycles.